The molecule has 0 saturated carbocycles. The molecule has 0 fully saturated rings. The van der Waals surface area contributed by atoms with Crippen molar-refractivity contribution in [1.29, 1.82) is 0 Å². The van der Waals surface area contributed by atoms with Crippen LogP contribution < -0.4 is 10.5 Å². The number of benzene rings is 3. The quantitative estimate of drug-likeness (QED) is 0.140. The van der Waals surface area contributed by atoms with E-state index >= 15 is 0 Å². The van der Waals surface area contributed by atoms with Gasteiger partial charge in [-0.25, -0.2) is 0 Å². The summed E-state index contributed by atoms with van der Waals surface area (Å²) in [5.74, 6) is -3.55. The molecule has 0 aliphatic heterocycles. The number of carbonyl (C=O) groups excluding carboxylic acids is 4. The van der Waals surface area contributed by atoms with Crippen molar-refractivity contribution in [1.82, 2.24) is 4.90 Å². The number of carbonyl (C=O) groups is 4. The maximum Gasteiger partial charge on any atom is 0.320 e. The summed E-state index contributed by atoms with van der Waals surface area (Å²) < 4.78 is 21.7. The Bertz CT molecular complexity index is 1290. The molecule has 44 heavy (non-hydrogen) atoms. The molecule has 0 aromatic heterocycles. The Morgan fingerprint density at radius 1 is 0.773 bits per heavy atom. The maximum atomic E-state index is 13.1. The summed E-state index contributed by atoms with van der Waals surface area (Å²) in [6.07, 6.45) is 0.242. The smallest absolute Gasteiger partial charge is 0.320 e. The second-order valence-electron chi connectivity index (χ2n) is 10.4. The summed E-state index contributed by atoms with van der Waals surface area (Å²) in [4.78, 5) is 52.5. The van der Waals surface area contributed by atoms with E-state index in [9.17, 15) is 19.2 Å². The van der Waals surface area contributed by atoms with Crippen molar-refractivity contribution in [3.63, 3.8) is 0 Å². The summed E-state index contributed by atoms with van der Waals surface area (Å²) in [6.45, 7) is 1.70. The third kappa shape index (κ3) is 10.5. The molecule has 0 aliphatic carbocycles. The normalized spacial score (nSPS) is 12.2. The monoisotopic (exact) mass is 604 g/mol. The van der Waals surface area contributed by atoms with Crippen LogP contribution in [0.5, 0.6) is 5.75 Å². The van der Waals surface area contributed by atoms with Gasteiger partial charge in [0.2, 0.25) is 11.8 Å². The number of amides is 2. The molecule has 0 bridgehead atoms. The van der Waals surface area contributed by atoms with Crippen molar-refractivity contribution in [2.45, 2.75) is 39.0 Å². The fourth-order valence-corrected chi connectivity index (χ4v) is 4.44. The molecule has 10 nitrogen and oxygen atoms in total. The minimum atomic E-state index is -1.21. The third-order valence-corrected chi connectivity index (χ3v) is 7.09. The van der Waals surface area contributed by atoms with Crippen molar-refractivity contribution in [2.24, 2.45) is 17.6 Å². The third-order valence-electron chi connectivity index (χ3n) is 7.09. The number of likely N-dealkylation sites (N-methyl/N-ethyl adjacent to an activating group) is 1. The van der Waals surface area contributed by atoms with Crippen LogP contribution in [0.4, 0.5) is 0 Å². The van der Waals surface area contributed by atoms with E-state index in [2.05, 4.69) is 0 Å². The number of methoxy groups -OCH3 is 1. The SMILES string of the molecule is COc1ccc(CC(C(N)=O)N(C)C(=O)C(C)COCCC(C(=O)OCc2ccccc2)C(=O)OCc2ccccc2)cc1. The standard InChI is InChI=1S/C34H40N2O8/c1-24(32(38)36(2)30(31(35)37)20-25-14-16-28(41-3)17-15-25)21-42-19-18-29(33(39)43-22-26-10-6-4-7-11-26)34(40)44-23-27-12-8-5-9-13-27/h4-17,24,29-30H,18-23H2,1-3H3,(H2,35,37). The molecule has 0 spiro atoms. The molecule has 0 aliphatic rings. The lowest BCUT2D eigenvalue weighted by Gasteiger charge is -2.28. The van der Waals surface area contributed by atoms with Crippen LogP contribution in [0.25, 0.3) is 0 Å². The number of primary amides is 1. The van der Waals surface area contributed by atoms with Gasteiger partial charge in [-0.15, -0.1) is 0 Å². The number of nitrogens with two attached hydrogens (primary N) is 1. The van der Waals surface area contributed by atoms with Crippen molar-refractivity contribution in [3.05, 3.63) is 102 Å². The predicted octanol–water partition coefficient (Wildman–Crippen LogP) is 3.70. The van der Waals surface area contributed by atoms with Gasteiger partial charge in [-0.05, 0) is 35.2 Å². The van der Waals surface area contributed by atoms with Crippen molar-refractivity contribution < 1.29 is 38.1 Å². The zero-order chi connectivity index (χ0) is 31.9. The highest BCUT2D eigenvalue weighted by molar-refractivity contribution is 5.94. The molecule has 0 radical (unpaired) electrons. The van der Waals surface area contributed by atoms with Crippen LogP contribution >= 0.6 is 0 Å². The summed E-state index contributed by atoms with van der Waals surface area (Å²) >= 11 is 0. The van der Waals surface area contributed by atoms with E-state index in [0.29, 0.717) is 5.75 Å². The van der Waals surface area contributed by atoms with Gasteiger partial charge in [-0.3, -0.25) is 19.2 Å². The molecule has 234 valence electrons. The van der Waals surface area contributed by atoms with E-state index in [-0.39, 0.29) is 45.2 Å². The van der Waals surface area contributed by atoms with Gasteiger partial charge < -0.3 is 29.6 Å². The van der Waals surface area contributed by atoms with Gasteiger partial charge in [0, 0.05) is 20.1 Å². The van der Waals surface area contributed by atoms with Crippen LogP contribution in [-0.4, -0.2) is 62.1 Å². The van der Waals surface area contributed by atoms with E-state index in [1.54, 1.807) is 26.2 Å². The van der Waals surface area contributed by atoms with E-state index in [1.165, 1.54) is 11.9 Å². The van der Waals surface area contributed by atoms with Crippen LogP contribution in [0.15, 0.2) is 84.9 Å². The first-order valence-electron chi connectivity index (χ1n) is 14.4. The number of nitrogens with zero attached hydrogens (tertiary/aromatic N) is 1. The Balaban J connectivity index is 1.54. The molecular formula is C34H40N2O8. The maximum absolute atomic E-state index is 13.1. The Hall–Kier alpha value is -4.70. The average molecular weight is 605 g/mol. The second-order valence-corrected chi connectivity index (χ2v) is 10.4. The van der Waals surface area contributed by atoms with Crippen LogP contribution in [0.1, 0.15) is 30.0 Å². The highest BCUT2D eigenvalue weighted by Crippen LogP contribution is 2.17. The zero-order valence-corrected chi connectivity index (χ0v) is 25.3. The highest BCUT2D eigenvalue weighted by atomic mass is 16.6. The number of hydrogen-bond acceptors (Lipinski definition) is 8. The molecule has 0 saturated heterocycles. The molecule has 2 amide bonds. The molecular weight excluding hydrogens is 564 g/mol. The van der Waals surface area contributed by atoms with Crippen molar-refractivity contribution in [2.75, 3.05) is 27.4 Å². The first kappa shape index (κ1) is 33.8. The lowest BCUT2D eigenvalue weighted by molar-refractivity contribution is -0.165. The number of hydrogen-bond donors (Lipinski definition) is 1. The Morgan fingerprint density at radius 2 is 1.30 bits per heavy atom. The largest absolute Gasteiger partial charge is 0.497 e. The van der Waals surface area contributed by atoms with Gasteiger partial charge in [0.05, 0.1) is 19.6 Å². The molecule has 2 atom stereocenters. The highest BCUT2D eigenvalue weighted by Gasteiger charge is 2.31. The average Bonchev–Trinajstić information content (AvgIpc) is 3.05. The Kier molecular flexibility index (Phi) is 13.4. The van der Waals surface area contributed by atoms with Crippen LogP contribution in [0.3, 0.4) is 0 Å². The van der Waals surface area contributed by atoms with Gasteiger partial charge in [-0.1, -0.05) is 79.7 Å². The molecule has 10 heteroatoms. The van der Waals surface area contributed by atoms with E-state index in [4.69, 9.17) is 24.7 Å². The van der Waals surface area contributed by atoms with Crippen molar-refractivity contribution in [3.8, 4) is 5.75 Å². The minimum absolute atomic E-state index is 0.000619. The summed E-state index contributed by atoms with van der Waals surface area (Å²) in [7, 11) is 3.09. The lowest BCUT2D eigenvalue weighted by Crippen LogP contribution is -2.49. The second kappa shape index (κ2) is 17.4. The van der Waals surface area contributed by atoms with Gasteiger partial charge >= 0.3 is 11.9 Å². The number of rotatable bonds is 17. The molecule has 2 unspecified atom stereocenters. The van der Waals surface area contributed by atoms with Crippen LogP contribution in [-0.2, 0) is 53.0 Å². The first-order valence-corrected chi connectivity index (χ1v) is 14.4. The van der Waals surface area contributed by atoms with Crippen LogP contribution in [0.2, 0.25) is 0 Å². The lowest BCUT2D eigenvalue weighted by atomic mass is 10.0. The Labute approximate surface area is 258 Å². The summed E-state index contributed by atoms with van der Waals surface area (Å²) in [6, 6.07) is 24.6. The number of ether oxygens (including phenoxy) is 4. The van der Waals surface area contributed by atoms with Crippen LogP contribution in [0, 0.1) is 11.8 Å². The van der Waals surface area contributed by atoms with E-state index in [0.717, 1.165) is 16.7 Å². The molecule has 2 N–H and O–H groups in total. The van der Waals surface area contributed by atoms with Gasteiger partial charge in [0.1, 0.15) is 25.0 Å². The topological polar surface area (TPSA) is 134 Å². The Morgan fingerprint density at radius 3 is 1.77 bits per heavy atom. The van der Waals surface area contributed by atoms with Gasteiger partial charge in [0.15, 0.2) is 5.92 Å². The molecule has 0 heterocycles. The van der Waals surface area contributed by atoms with Gasteiger partial charge in [-0.2, -0.15) is 0 Å². The minimum Gasteiger partial charge on any atom is -0.497 e. The van der Waals surface area contributed by atoms with Gasteiger partial charge in [0.25, 0.3) is 0 Å². The first-order chi connectivity index (χ1) is 21.2. The predicted molar refractivity (Wildman–Crippen MR) is 163 cm³/mol. The fraction of sp³-hybridized carbons (Fsp3) is 0.353. The molecule has 3 aromatic rings. The summed E-state index contributed by atoms with van der Waals surface area (Å²) in [5, 5.41) is 0. The molecule has 3 aromatic carbocycles. The molecule has 3 rings (SSSR count). The zero-order valence-electron chi connectivity index (χ0n) is 25.3. The fourth-order valence-electron chi connectivity index (χ4n) is 4.44. The van der Waals surface area contributed by atoms with Crippen molar-refractivity contribution >= 4 is 23.8 Å². The van der Waals surface area contributed by atoms with E-state index in [1.807, 2.05) is 72.8 Å². The number of esters is 2. The van der Waals surface area contributed by atoms with E-state index < -0.39 is 35.7 Å². The summed E-state index contributed by atoms with van der Waals surface area (Å²) in [5.41, 5.74) is 8.03.